The summed E-state index contributed by atoms with van der Waals surface area (Å²) >= 11 is 7.18. The van der Waals surface area contributed by atoms with Gasteiger partial charge in [-0.25, -0.2) is 14.4 Å². The van der Waals surface area contributed by atoms with Crippen LogP contribution in [0.15, 0.2) is 48.5 Å². The maximum absolute atomic E-state index is 16.8. The highest BCUT2D eigenvalue weighted by Gasteiger charge is 2.52. The van der Waals surface area contributed by atoms with Crippen LogP contribution in [0.4, 0.5) is 4.39 Å². The predicted octanol–water partition coefficient (Wildman–Crippen LogP) is 6.05. The quantitative estimate of drug-likeness (QED) is 0.236. The lowest BCUT2D eigenvalue weighted by Gasteiger charge is -2.50. The highest BCUT2D eigenvalue weighted by Crippen LogP contribution is 2.50. The van der Waals surface area contributed by atoms with Crippen LogP contribution < -0.4 is 20.1 Å². The van der Waals surface area contributed by atoms with Gasteiger partial charge in [-0.2, -0.15) is 0 Å². The number of fused-ring (bicyclic) bond motifs is 2. The molecule has 2 atom stereocenters. The van der Waals surface area contributed by atoms with Crippen LogP contribution in [0.25, 0.3) is 33.6 Å². The van der Waals surface area contributed by atoms with Gasteiger partial charge in [0.1, 0.15) is 5.82 Å². The lowest BCUT2D eigenvalue weighted by Crippen LogP contribution is -2.67. The predicted molar refractivity (Wildman–Crippen MR) is 202 cm³/mol. The molecule has 12 heteroatoms. The number of nitrogens with one attached hydrogen (secondary N) is 2. The third-order valence-corrected chi connectivity index (χ3v) is 13.3. The Morgan fingerprint density at radius 3 is 1.93 bits per heavy atom. The first-order chi connectivity index (χ1) is 26.2. The van der Waals surface area contributed by atoms with E-state index < -0.39 is 5.82 Å². The Hall–Kier alpha value is -4.58. The van der Waals surface area contributed by atoms with Crippen LogP contribution >= 0.6 is 11.6 Å². The fourth-order valence-electron chi connectivity index (χ4n) is 10.3. The summed E-state index contributed by atoms with van der Waals surface area (Å²) in [5.74, 6) is 0.971. The molecular formula is C42H42ClFN6O4. The number of rotatable bonds is 7. The molecule has 2 spiro atoms. The first kappa shape index (κ1) is 33.9. The minimum atomic E-state index is -0.406. The number of aryl methyl sites for hydroxylation is 2. The Labute approximate surface area is 318 Å². The van der Waals surface area contributed by atoms with Crippen molar-refractivity contribution in [3.05, 3.63) is 81.6 Å². The first-order valence-electron chi connectivity index (χ1n) is 19.0. The fraction of sp³-hybridized carbons (Fsp3) is 0.429. The molecule has 4 saturated heterocycles. The second-order valence-electron chi connectivity index (χ2n) is 16.2. The molecule has 6 aliphatic rings. The monoisotopic (exact) mass is 748 g/mol. The van der Waals surface area contributed by atoms with Gasteiger partial charge in [0.25, 0.3) is 0 Å². The molecule has 10 nitrogen and oxygen atoms in total. The molecule has 10 rings (SSSR count). The molecule has 2 aliphatic carbocycles. The van der Waals surface area contributed by atoms with E-state index in [2.05, 4.69) is 26.5 Å². The second-order valence-corrected chi connectivity index (χ2v) is 16.6. The van der Waals surface area contributed by atoms with Crippen molar-refractivity contribution in [3.63, 3.8) is 0 Å². The summed E-state index contributed by atoms with van der Waals surface area (Å²) < 4.78 is 28.5. The summed E-state index contributed by atoms with van der Waals surface area (Å²) in [5.41, 5.74) is 7.63. The van der Waals surface area contributed by atoms with Crippen LogP contribution in [0.2, 0.25) is 5.02 Å². The van der Waals surface area contributed by atoms with E-state index in [-0.39, 0.29) is 34.9 Å². The van der Waals surface area contributed by atoms with E-state index in [4.69, 9.17) is 31.0 Å². The SMILES string of the molecule is COc1nc(-c2cccc(-c3cccc(-c4cc5c(c(OC)n4)[C@@H](N4CC6(CCC(=O)N6)C4)CC5)c3Cl)c2F)cc2c1[C@H](N1CC3(CNC(=O)C3)C1)CC2. The van der Waals surface area contributed by atoms with Crippen LogP contribution in [0.1, 0.15) is 66.4 Å². The average molecular weight is 749 g/mol. The maximum atomic E-state index is 16.8. The molecule has 0 radical (unpaired) electrons. The number of methoxy groups -OCH3 is 2. The molecule has 0 bridgehead atoms. The van der Waals surface area contributed by atoms with Crippen molar-refractivity contribution in [2.45, 2.75) is 62.6 Å². The van der Waals surface area contributed by atoms with Crippen LogP contribution in [0.3, 0.4) is 0 Å². The van der Waals surface area contributed by atoms with E-state index in [1.165, 1.54) is 5.56 Å². The van der Waals surface area contributed by atoms with Gasteiger partial charge in [0, 0.05) is 96.4 Å². The standard InChI is InChI=1S/C42H42ClFN6O4/c1-53-39-36-23(10-12-32(36)50-21-42(22-50)14-13-33(51)48-42)15-29(46-39)27-7-3-5-25(37(27)43)26-6-4-8-28(38(26)44)30-16-24-9-11-31(35(24)40(47-30)54-2)49-19-41(20-49)17-34(52)45-18-41/h3-8,15-16,31-32H,9-14,17-22H2,1-2H3,(H,45,52)(H,48,51)/t31-,32+/m1/s1. The molecule has 4 aromatic rings. The zero-order chi connectivity index (χ0) is 36.9. The number of halogens is 2. The number of hydrogen-bond acceptors (Lipinski definition) is 8. The molecule has 2 aromatic heterocycles. The van der Waals surface area contributed by atoms with E-state index in [0.29, 0.717) is 63.3 Å². The highest BCUT2D eigenvalue weighted by atomic mass is 35.5. The third-order valence-electron chi connectivity index (χ3n) is 12.9. The summed E-state index contributed by atoms with van der Waals surface area (Å²) in [7, 11) is 3.27. The zero-order valence-corrected chi connectivity index (χ0v) is 31.2. The van der Waals surface area contributed by atoms with Crippen molar-refractivity contribution in [2.24, 2.45) is 5.41 Å². The highest BCUT2D eigenvalue weighted by molar-refractivity contribution is 6.36. The van der Waals surface area contributed by atoms with Crippen molar-refractivity contribution >= 4 is 23.4 Å². The van der Waals surface area contributed by atoms with Gasteiger partial charge < -0.3 is 20.1 Å². The lowest BCUT2D eigenvalue weighted by molar-refractivity contribution is -0.121. The fourth-order valence-corrected chi connectivity index (χ4v) is 10.7. The molecule has 54 heavy (non-hydrogen) atoms. The number of amides is 2. The number of aromatic nitrogens is 2. The number of nitrogens with zero attached hydrogens (tertiary/aromatic N) is 4. The van der Waals surface area contributed by atoms with Gasteiger partial charge in [-0.15, -0.1) is 0 Å². The molecule has 0 saturated carbocycles. The normalized spacial score (nSPS) is 23.6. The largest absolute Gasteiger partial charge is 0.481 e. The van der Waals surface area contributed by atoms with Gasteiger partial charge in [-0.1, -0.05) is 41.9 Å². The molecule has 6 heterocycles. The zero-order valence-electron chi connectivity index (χ0n) is 30.4. The van der Waals surface area contributed by atoms with Crippen molar-refractivity contribution in [2.75, 3.05) is 46.9 Å². The van der Waals surface area contributed by atoms with Gasteiger partial charge >= 0.3 is 0 Å². The van der Waals surface area contributed by atoms with Gasteiger partial charge in [0.15, 0.2) is 0 Å². The maximum Gasteiger partial charge on any atom is 0.220 e. The van der Waals surface area contributed by atoms with E-state index in [0.717, 1.165) is 81.5 Å². The van der Waals surface area contributed by atoms with Gasteiger partial charge in [0.05, 0.1) is 36.2 Å². The molecule has 2 amide bonds. The number of carbonyl (C=O) groups is 2. The number of hydrogen-bond donors (Lipinski definition) is 2. The minimum absolute atomic E-state index is 0.0311. The van der Waals surface area contributed by atoms with Crippen molar-refractivity contribution < 1.29 is 23.5 Å². The van der Waals surface area contributed by atoms with Crippen molar-refractivity contribution in [1.29, 1.82) is 0 Å². The lowest BCUT2D eigenvalue weighted by atomic mass is 9.77. The van der Waals surface area contributed by atoms with Crippen LogP contribution in [0, 0.1) is 11.2 Å². The molecule has 4 fully saturated rings. The van der Waals surface area contributed by atoms with Gasteiger partial charge in [-0.05, 0) is 61.4 Å². The topological polar surface area (TPSA) is 109 Å². The Bertz CT molecular complexity index is 2100. The van der Waals surface area contributed by atoms with Gasteiger partial charge in [-0.3, -0.25) is 19.4 Å². The Kier molecular flexibility index (Phi) is 7.84. The van der Waals surface area contributed by atoms with E-state index in [9.17, 15) is 9.59 Å². The van der Waals surface area contributed by atoms with Crippen LogP contribution in [0.5, 0.6) is 11.8 Å². The number of benzene rings is 2. The molecule has 0 unspecified atom stereocenters. The average Bonchev–Trinajstić information content (AvgIpc) is 3.95. The van der Waals surface area contributed by atoms with Crippen molar-refractivity contribution in [1.82, 2.24) is 30.4 Å². The Morgan fingerprint density at radius 2 is 1.35 bits per heavy atom. The summed E-state index contributed by atoms with van der Waals surface area (Å²) in [6, 6.07) is 15.4. The third kappa shape index (κ3) is 5.26. The number of carbonyl (C=O) groups excluding carboxylic acids is 2. The minimum Gasteiger partial charge on any atom is -0.481 e. The number of ether oxygens (including phenoxy) is 2. The summed E-state index contributed by atoms with van der Waals surface area (Å²) in [6.07, 6.45) is 5.68. The smallest absolute Gasteiger partial charge is 0.220 e. The first-order valence-corrected chi connectivity index (χ1v) is 19.3. The molecular weight excluding hydrogens is 707 g/mol. The summed E-state index contributed by atoms with van der Waals surface area (Å²) in [4.78, 5) is 38.5. The van der Waals surface area contributed by atoms with Gasteiger partial charge in [0.2, 0.25) is 23.6 Å². The number of pyridine rings is 2. The van der Waals surface area contributed by atoms with Crippen LogP contribution in [-0.2, 0) is 22.4 Å². The molecule has 2 N–H and O–H groups in total. The Balaban J connectivity index is 0.937. The molecule has 278 valence electrons. The van der Waals surface area contributed by atoms with Crippen LogP contribution in [-0.4, -0.2) is 84.1 Å². The molecule has 4 aliphatic heterocycles. The Morgan fingerprint density at radius 1 is 0.778 bits per heavy atom. The summed E-state index contributed by atoms with van der Waals surface area (Å²) in [5, 5.41) is 6.59. The molecule has 2 aromatic carbocycles. The van der Waals surface area contributed by atoms with E-state index in [1.807, 2.05) is 30.3 Å². The summed E-state index contributed by atoms with van der Waals surface area (Å²) in [6.45, 7) is 4.14. The van der Waals surface area contributed by atoms with E-state index in [1.54, 1.807) is 26.4 Å². The number of likely N-dealkylation sites (tertiary alicyclic amines) is 2. The van der Waals surface area contributed by atoms with E-state index >= 15 is 4.39 Å². The second kappa shape index (κ2) is 12.5. The van der Waals surface area contributed by atoms with Crippen molar-refractivity contribution in [3.8, 4) is 45.4 Å².